The Labute approximate surface area is 200 Å². The normalized spacial score (nSPS) is 21.2. The summed E-state index contributed by atoms with van der Waals surface area (Å²) >= 11 is 0. The third-order valence-electron chi connectivity index (χ3n) is 7.28. The number of piperazine rings is 1. The van der Waals surface area contributed by atoms with E-state index in [-0.39, 0.29) is 16.9 Å². The molecule has 3 aromatic carbocycles. The van der Waals surface area contributed by atoms with Crippen molar-refractivity contribution in [3.05, 3.63) is 105 Å². The molecule has 174 valence electrons. The second-order valence-corrected chi connectivity index (χ2v) is 9.60. The predicted molar refractivity (Wildman–Crippen MR) is 131 cm³/mol. The van der Waals surface area contributed by atoms with Gasteiger partial charge < -0.3 is 0 Å². The smallest absolute Gasteiger partial charge is 0.199 e. The Morgan fingerprint density at radius 1 is 0.824 bits per heavy atom. The second-order valence-electron chi connectivity index (χ2n) is 9.60. The highest BCUT2D eigenvalue weighted by molar-refractivity contribution is 6.33. The maximum atomic E-state index is 14.8. The van der Waals surface area contributed by atoms with E-state index < -0.39 is 17.1 Å². The van der Waals surface area contributed by atoms with Gasteiger partial charge in [-0.1, -0.05) is 65.7 Å². The number of Topliss-reactive ketones (excluding diaryl/α,β-unsaturated/α-hetero) is 2. The Balaban J connectivity index is 1.53. The Bertz CT molecular complexity index is 1270. The minimum absolute atomic E-state index is 0.0750. The molecule has 0 radical (unpaired) electrons. The van der Waals surface area contributed by atoms with E-state index in [1.807, 2.05) is 43.0 Å². The van der Waals surface area contributed by atoms with Crippen molar-refractivity contribution in [3.8, 4) is 0 Å². The van der Waals surface area contributed by atoms with Crippen molar-refractivity contribution >= 4 is 11.6 Å². The van der Waals surface area contributed by atoms with Crippen LogP contribution in [-0.2, 0) is 12.1 Å². The molecule has 1 atom stereocenters. The number of carbonyl (C=O) groups is 2. The molecule has 0 aromatic heterocycles. The maximum absolute atomic E-state index is 14.8. The van der Waals surface area contributed by atoms with Gasteiger partial charge in [-0.05, 0) is 43.5 Å². The molecule has 0 amide bonds. The Kier molecular flexibility index (Phi) is 5.70. The minimum atomic E-state index is -1.52. The van der Waals surface area contributed by atoms with Gasteiger partial charge in [0.05, 0.1) is 5.56 Å². The lowest BCUT2D eigenvalue weighted by molar-refractivity contribution is 0.0278. The van der Waals surface area contributed by atoms with Gasteiger partial charge in [0.1, 0.15) is 5.82 Å². The van der Waals surface area contributed by atoms with Crippen molar-refractivity contribution in [2.75, 3.05) is 26.2 Å². The summed E-state index contributed by atoms with van der Waals surface area (Å²) in [7, 11) is 0. The summed E-state index contributed by atoms with van der Waals surface area (Å²) in [6, 6.07) is 18.5. The summed E-state index contributed by atoms with van der Waals surface area (Å²) in [5.41, 5.74) is 3.72. The first kappa shape index (κ1) is 22.6. The van der Waals surface area contributed by atoms with Crippen molar-refractivity contribution < 1.29 is 14.0 Å². The van der Waals surface area contributed by atoms with Gasteiger partial charge >= 0.3 is 0 Å². The summed E-state index contributed by atoms with van der Waals surface area (Å²) in [6.45, 7) is 9.40. The van der Waals surface area contributed by atoms with Gasteiger partial charge in [-0.15, -0.1) is 0 Å². The lowest BCUT2D eigenvalue weighted by atomic mass is 9.81. The van der Waals surface area contributed by atoms with Crippen LogP contribution >= 0.6 is 0 Å². The molecule has 0 spiro atoms. The predicted octanol–water partition coefficient (Wildman–Crippen LogP) is 4.84. The lowest BCUT2D eigenvalue weighted by Gasteiger charge is -2.44. The number of fused-ring (bicyclic) bond motifs is 1. The van der Waals surface area contributed by atoms with E-state index in [9.17, 15) is 14.0 Å². The number of aryl methyl sites for hydroxylation is 3. The van der Waals surface area contributed by atoms with Gasteiger partial charge in [-0.3, -0.25) is 19.4 Å². The van der Waals surface area contributed by atoms with Crippen molar-refractivity contribution in [1.82, 2.24) is 9.80 Å². The number of halogens is 1. The number of carbonyl (C=O) groups excluding carboxylic acids is 2. The highest BCUT2D eigenvalue weighted by atomic mass is 19.1. The Hall–Kier alpha value is -3.15. The van der Waals surface area contributed by atoms with Crippen molar-refractivity contribution in [3.63, 3.8) is 0 Å². The SMILES string of the molecule is Cc1cc(C)cc(C2(N3CCN(Cc4ccccc4C)CC3)C(=O)c3cccc(F)c3C2=O)c1. The highest BCUT2D eigenvalue weighted by Gasteiger charge is 2.59. The van der Waals surface area contributed by atoms with Gasteiger partial charge in [0.15, 0.2) is 17.1 Å². The van der Waals surface area contributed by atoms with Crippen LogP contribution < -0.4 is 0 Å². The number of rotatable bonds is 4. The summed E-state index contributed by atoms with van der Waals surface area (Å²) in [5.74, 6) is -1.38. The molecule has 5 rings (SSSR count). The molecule has 0 saturated carbocycles. The molecule has 1 aliphatic carbocycles. The van der Waals surface area contributed by atoms with Crippen LogP contribution in [0.2, 0.25) is 0 Å². The molecule has 34 heavy (non-hydrogen) atoms. The van der Waals surface area contributed by atoms with E-state index >= 15 is 0 Å². The molecule has 5 heteroatoms. The van der Waals surface area contributed by atoms with Crippen LogP contribution in [0.4, 0.5) is 4.39 Å². The topological polar surface area (TPSA) is 40.6 Å². The van der Waals surface area contributed by atoms with Crippen LogP contribution in [0.5, 0.6) is 0 Å². The maximum Gasteiger partial charge on any atom is 0.199 e. The molecular formula is C29H29FN2O2. The Morgan fingerprint density at radius 3 is 2.15 bits per heavy atom. The summed E-state index contributed by atoms with van der Waals surface area (Å²) in [4.78, 5) is 32.3. The minimum Gasteiger partial charge on any atom is -0.297 e. The fourth-order valence-corrected chi connectivity index (χ4v) is 5.61. The molecule has 1 heterocycles. The number of hydrogen-bond donors (Lipinski definition) is 0. The Morgan fingerprint density at radius 2 is 1.50 bits per heavy atom. The van der Waals surface area contributed by atoms with Crippen LogP contribution in [0.3, 0.4) is 0 Å². The van der Waals surface area contributed by atoms with Crippen LogP contribution in [-0.4, -0.2) is 47.5 Å². The molecule has 1 aliphatic heterocycles. The van der Waals surface area contributed by atoms with E-state index in [1.165, 1.54) is 23.3 Å². The fraction of sp³-hybridized carbons (Fsp3) is 0.310. The first-order chi connectivity index (χ1) is 16.3. The van der Waals surface area contributed by atoms with Crippen LogP contribution in [0.25, 0.3) is 0 Å². The largest absolute Gasteiger partial charge is 0.297 e. The van der Waals surface area contributed by atoms with Gasteiger partial charge in [0.2, 0.25) is 0 Å². The van der Waals surface area contributed by atoms with E-state index in [1.54, 1.807) is 6.07 Å². The summed E-state index contributed by atoms with van der Waals surface area (Å²) < 4.78 is 14.8. The molecule has 1 fully saturated rings. The van der Waals surface area contributed by atoms with E-state index in [0.29, 0.717) is 18.7 Å². The standard InChI is InChI=1S/C29H29FN2O2/c1-19-15-20(2)17-23(16-19)29(27(33)24-9-6-10-25(30)26(24)28(29)34)32-13-11-31(12-14-32)18-22-8-5-4-7-21(22)3/h4-10,15-17H,11-14,18H2,1-3H3. The molecule has 3 aromatic rings. The van der Waals surface area contributed by atoms with Crippen molar-refractivity contribution in [1.29, 1.82) is 0 Å². The van der Waals surface area contributed by atoms with Crippen LogP contribution in [0, 0.1) is 26.6 Å². The molecule has 4 nitrogen and oxygen atoms in total. The lowest BCUT2D eigenvalue weighted by Crippen LogP contribution is -2.60. The van der Waals surface area contributed by atoms with Crippen LogP contribution in [0.15, 0.2) is 60.7 Å². The van der Waals surface area contributed by atoms with Gasteiger partial charge in [0.25, 0.3) is 0 Å². The summed E-state index contributed by atoms with van der Waals surface area (Å²) in [6.07, 6.45) is 0. The zero-order chi connectivity index (χ0) is 24.0. The van der Waals surface area contributed by atoms with Gasteiger partial charge in [-0.2, -0.15) is 0 Å². The van der Waals surface area contributed by atoms with E-state index in [0.717, 1.165) is 30.8 Å². The highest BCUT2D eigenvalue weighted by Crippen LogP contribution is 2.44. The van der Waals surface area contributed by atoms with E-state index in [2.05, 4.69) is 30.0 Å². The molecule has 1 saturated heterocycles. The summed E-state index contributed by atoms with van der Waals surface area (Å²) in [5, 5.41) is 0. The van der Waals surface area contributed by atoms with Gasteiger partial charge in [-0.25, -0.2) is 4.39 Å². The van der Waals surface area contributed by atoms with Crippen molar-refractivity contribution in [2.24, 2.45) is 0 Å². The number of nitrogens with zero attached hydrogens (tertiary/aromatic N) is 2. The quantitative estimate of drug-likeness (QED) is 0.527. The number of ketones is 2. The first-order valence-corrected chi connectivity index (χ1v) is 11.8. The average molecular weight is 457 g/mol. The fourth-order valence-electron chi connectivity index (χ4n) is 5.61. The third-order valence-corrected chi connectivity index (χ3v) is 7.28. The van der Waals surface area contributed by atoms with E-state index in [4.69, 9.17) is 0 Å². The van der Waals surface area contributed by atoms with Gasteiger partial charge in [0, 0.05) is 38.3 Å². The monoisotopic (exact) mass is 456 g/mol. The van der Waals surface area contributed by atoms with Crippen LogP contribution in [0.1, 0.15) is 48.5 Å². The molecule has 1 unspecified atom stereocenters. The zero-order valence-corrected chi connectivity index (χ0v) is 19.9. The second kappa shape index (κ2) is 8.57. The molecule has 0 bridgehead atoms. The average Bonchev–Trinajstić information content (AvgIpc) is 3.04. The number of benzene rings is 3. The zero-order valence-electron chi connectivity index (χ0n) is 19.9. The third kappa shape index (κ3) is 3.51. The molecule has 2 aliphatic rings. The molecular weight excluding hydrogens is 427 g/mol. The first-order valence-electron chi connectivity index (χ1n) is 11.8. The van der Waals surface area contributed by atoms with Crippen molar-refractivity contribution in [2.45, 2.75) is 32.9 Å². The molecule has 0 N–H and O–H groups in total. The number of hydrogen-bond acceptors (Lipinski definition) is 4.